The van der Waals surface area contributed by atoms with Crippen molar-refractivity contribution in [1.82, 2.24) is 10.2 Å². The lowest BCUT2D eigenvalue weighted by Gasteiger charge is -2.39. The summed E-state index contributed by atoms with van der Waals surface area (Å²) < 4.78 is 23.7. The maximum atomic E-state index is 12.2. The van der Waals surface area contributed by atoms with Crippen LogP contribution >= 0.6 is 0 Å². The standard InChI is InChI=1S/C20H32N4O3S/c1-6-21-19(24-11-12-28(26,27)20(4,5)14-24)22-13-16-7-9-17(10-8-16)23-18(25)15(2)3/h7-10,15H,6,11-14H2,1-5H3,(H,21,22)(H,23,25). The molecule has 8 heteroatoms. The lowest BCUT2D eigenvalue weighted by Crippen LogP contribution is -2.57. The number of amides is 1. The third-order valence-corrected chi connectivity index (χ3v) is 7.37. The molecule has 1 heterocycles. The highest BCUT2D eigenvalue weighted by atomic mass is 32.2. The van der Waals surface area contributed by atoms with Gasteiger partial charge >= 0.3 is 0 Å². The highest BCUT2D eigenvalue weighted by Crippen LogP contribution is 2.24. The summed E-state index contributed by atoms with van der Waals surface area (Å²) in [4.78, 5) is 18.5. The van der Waals surface area contributed by atoms with E-state index in [0.717, 1.165) is 17.2 Å². The van der Waals surface area contributed by atoms with Gasteiger partial charge < -0.3 is 15.5 Å². The van der Waals surface area contributed by atoms with Crippen molar-refractivity contribution in [2.24, 2.45) is 10.9 Å². The molecule has 0 aromatic heterocycles. The van der Waals surface area contributed by atoms with E-state index in [2.05, 4.69) is 15.6 Å². The van der Waals surface area contributed by atoms with Gasteiger partial charge in [0.1, 0.15) is 0 Å². The fourth-order valence-electron chi connectivity index (χ4n) is 2.90. The van der Waals surface area contributed by atoms with Gasteiger partial charge in [0.25, 0.3) is 0 Å². The number of carbonyl (C=O) groups excluding carboxylic acids is 1. The van der Waals surface area contributed by atoms with Gasteiger partial charge in [-0.15, -0.1) is 0 Å². The molecule has 1 aliphatic heterocycles. The van der Waals surface area contributed by atoms with E-state index in [1.165, 1.54) is 0 Å². The quantitative estimate of drug-likeness (QED) is 0.576. The summed E-state index contributed by atoms with van der Waals surface area (Å²) in [6.07, 6.45) is 0. The van der Waals surface area contributed by atoms with Crippen molar-refractivity contribution in [2.75, 3.05) is 30.7 Å². The average Bonchev–Trinajstić information content (AvgIpc) is 2.62. The van der Waals surface area contributed by atoms with Crippen LogP contribution in [0.15, 0.2) is 29.3 Å². The SMILES string of the molecule is CCNC(=NCc1ccc(NC(=O)C(C)C)cc1)N1CCS(=O)(=O)C(C)(C)C1. The summed E-state index contributed by atoms with van der Waals surface area (Å²) in [5, 5.41) is 6.13. The van der Waals surface area contributed by atoms with Crippen molar-refractivity contribution in [3.63, 3.8) is 0 Å². The number of nitrogens with zero attached hydrogens (tertiary/aromatic N) is 2. The Morgan fingerprint density at radius 3 is 2.43 bits per heavy atom. The van der Waals surface area contributed by atoms with E-state index >= 15 is 0 Å². The maximum absolute atomic E-state index is 12.2. The molecule has 28 heavy (non-hydrogen) atoms. The van der Waals surface area contributed by atoms with Crippen molar-refractivity contribution in [1.29, 1.82) is 0 Å². The van der Waals surface area contributed by atoms with E-state index < -0.39 is 14.6 Å². The highest BCUT2D eigenvalue weighted by Gasteiger charge is 2.40. The molecule has 1 saturated heterocycles. The smallest absolute Gasteiger partial charge is 0.226 e. The summed E-state index contributed by atoms with van der Waals surface area (Å²) in [7, 11) is -3.09. The number of hydrogen-bond acceptors (Lipinski definition) is 4. The van der Waals surface area contributed by atoms with Crippen LogP contribution < -0.4 is 10.6 Å². The first kappa shape index (κ1) is 22.2. The van der Waals surface area contributed by atoms with Gasteiger partial charge in [-0.25, -0.2) is 13.4 Å². The van der Waals surface area contributed by atoms with E-state index in [1.807, 2.05) is 49.9 Å². The molecule has 7 nitrogen and oxygen atoms in total. The lowest BCUT2D eigenvalue weighted by molar-refractivity contribution is -0.118. The second-order valence-corrected chi connectivity index (χ2v) is 10.8. The van der Waals surface area contributed by atoms with E-state index in [0.29, 0.717) is 26.2 Å². The second kappa shape index (κ2) is 8.94. The van der Waals surface area contributed by atoms with Gasteiger partial charge in [0.15, 0.2) is 15.8 Å². The molecule has 0 saturated carbocycles. The van der Waals surface area contributed by atoms with E-state index in [1.54, 1.807) is 13.8 Å². The number of hydrogen-bond donors (Lipinski definition) is 2. The Balaban J connectivity index is 2.08. The zero-order valence-corrected chi connectivity index (χ0v) is 18.3. The van der Waals surface area contributed by atoms with Crippen molar-refractivity contribution >= 4 is 27.4 Å². The third kappa shape index (κ3) is 5.47. The molecule has 0 atom stereocenters. The second-order valence-electron chi connectivity index (χ2n) is 8.01. The van der Waals surface area contributed by atoms with Crippen LogP contribution in [0.5, 0.6) is 0 Å². The first-order valence-electron chi connectivity index (χ1n) is 9.71. The number of rotatable bonds is 5. The Kier molecular flexibility index (Phi) is 7.09. The molecule has 1 aliphatic rings. The summed E-state index contributed by atoms with van der Waals surface area (Å²) in [6, 6.07) is 7.62. The summed E-state index contributed by atoms with van der Waals surface area (Å²) >= 11 is 0. The minimum Gasteiger partial charge on any atom is -0.357 e. The van der Waals surface area contributed by atoms with Gasteiger partial charge in [-0.2, -0.15) is 0 Å². The summed E-state index contributed by atoms with van der Waals surface area (Å²) in [5.41, 5.74) is 1.78. The molecule has 0 spiro atoms. The number of carbonyl (C=O) groups is 1. The number of sulfone groups is 1. The fraction of sp³-hybridized carbons (Fsp3) is 0.600. The van der Waals surface area contributed by atoms with Gasteiger partial charge in [-0.3, -0.25) is 4.79 Å². The first-order valence-corrected chi connectivity index (χ1v) is 11.4. The van der Waals surface area contributed by atoms with Crippen LogP contribution in [0.2, 0.25) is 0 Å². The van der Waals surface area contributed by atoms with E-state index in [9.17, 15) is 13.2 Å². The van der Waals surface area contributed by atoms with Gasteiger partial charge in [0, 0.05) is 31.2 Å². The van der Waals surface area contributed by atoms with Gasteiger partial charge in [0.2, 0.25) is 5.91 Å². The molecular formula is C20H32N4O3S. The zero-order valence-electron chi connectivity index (χ0n) is 17.4. The first-order chi connectivity index (χ1) is 13.1. The predicted molar refractivity (Wildman–Crippen MR) is 114 cm³/mol. The number of anilines is 1. The number of guanidine groups is 1. The molecule has 1 aromatic rings. The molecule has 2 N–H and O–H groups in total. The molecule has 1 aromatic carbocycles. The van der Waals surface area contributed by atoms with Crippen molar-refractivity contribution < 1.29 is 13.2 Å². The molecule has 0 unspecified atom stereocenters. The summed E-state index contributed by atoms with van der Waals surface area (Å²) in [6.45, 7) is 11.3. The molecule has 2 rings (SSSR count). The molecule has 1 amide bonds. The largest absolute Gasteiger partial charge is 0.357 e. The number of nitrogens with one attached hydrogen (secondary N) is 2. The van der Waals surface area contributed by atoms with Crippen LogP contribution in [-0.2, 0) is 21.2 Å². The molecule has 156 valence electrons. The summed E-state index contributed by atoms with van der Waals surface area (Å²) in [5.74, 6) is 0.782. The van der Waals surface area contributed by atoms with Crippen LogP contribution in [-0.4, -0.2) is 55.3 Å². The highest BCUT2D eigenvalue weighted by molar-refractivity contribution is 7.92. The van der Waals surface area contributed by atoms with Crippen LogP contribution in [0.25, 0.3) is 0 Å². The molecule has 0 aliphatic carbocycles. The van der Waals surface area contributed by atoms with Gasteiger partial charge in [-0.1, -0.05) is 26.0 Å². The van der Waals surface area contributed by atoms with Crippen molar-refractivity contribution in [3.05, 3.63) is 29.8 Å². The lowest BCUT2D eigenvalue weighted by atomic mass is 10.1. The maximum Gasteiger partial charge on any atom is 0.226 e. The van der Waals surface area contributed by atoms with Crippen LogP contribution in [0, 0.1) is 5.92 Å². The monoisotopic (exact) mass is 408 g/mol. The normalized spacial score (nSPS) is 18.8. The zero-order chi connectivity index (χ0) is 20.9. The Hall–Kier alpha value is -2.09. The van der Waals surface area contributed by atoms with E-state index in [4.69, 9.17) is 0 Å². The molecule has 0 bridgehead atoms. The van der Waals surface area contributed by atoms with Crippen LogP contribution in [0.3, 0.4) is 0 Å². The van der Waals surface area contributed by atoms with E-state index in [-0.39, 0.29) is 17.6 Å². The molecule has 1 fully saturated rings. The predicted octanol–water partition coefficient (Wildman–Crippen LogP) is 2.26. The molecular weight excluding hydrogens is 376 g/mol. The topological polar surface area (TPSA) is 90.9 Å². The van der Waals surface area contributed by atoms with Crippen LogP contribution in [0.1, 0.15) is 40.2 Å². The van der Waals surface area contributed by atoms with Crippen molar-refractivity contribution in [3.8, 4) is 0 Å². The Bertz CT molecular complexity index is 814. The number of benzene rings is 1. The Labute approximate surface area is 168 Å². The third-order valence-electron chi connectivity index (χ3n) is 4.84. The van der Waals surface area contributed by atoms with Crippen molar-refractivity contribution in [2.45, 2.75) is 45.9 Å². The Morgan fingerprint density at radius 1 is 1.25 bits per heavy atom. The minimum absolute atomic E-state index is 0.0112. The van der Waals surface area contributed by atoms with Gasteiger partial charge in [0.05, 0.1) is 17.0 Å². The number of aliphatic imine (C=N–C) groups is 1. The van der Waals surface area contributed by atoms with Crippen LogP contribution in [0.4, 0.5) is 5.69 Å². The van der Waals surface area contributed by atoms with Gasteiger partial charge in [-0.05, 0) is 38.5 Å². The fourth-order valence-corrected chi connectivity index (χ4v) is 4.26. The molecule has 0 radical (unpaired) electrons. The minimum atomic E-state index is -3.09. The Morgan fingerprint density at radius 2 is 1.89 bits per heavy atom. The average molecular weight is 409 g/mol.